The number of likely N-dealkylation sites (tertiary alicyclic amines) is 1. The predicted molar refractivity (Wildman–Crippen MR) is 137 cm³/mol. The maximum atomic E-state index is 12.9. The number of hydrogen-bond acceptors (Lipinski definition) is 9. The summed E-state index contributed by atoms with van der Waals surface area (Å²) in [6.07, 6.45) is -1.12. The molecule has 7 N–H and O–H groups in total. The monoisotopic (exact) mass is 556 g/mol. The van der Waals surface area contributed by atoms with E-state index in [0.29, 0.717) is 19.4 Å². The fourth-order valence-electron chi connectivity index (χ4n) is 3.72. The summed E-state index contributed by atoms with van der Waals surface area (Å²) in [5.41, 5.74) is 6.24. The molecule has 4 unspecified atom stereocenters. The van der Waals surface area contributed by atoms with Gasteiger partial charge in [0, 0.05) is 6.54 Å². The van der Waals surface area contributed by atoms with E-state index in [-0.39, 0.29) is 24.7 Å². The summed E-state index contributed by atoms with van der Waals surface area (Å²) in [4.78, 5) is 38.5. The zero-order chi connectivity index (χ0) is 28.3. The molecule has 1 fully saturated rings. The van der Waals surface area contributed by atoms with Crippen LogP contribution in [0, 0.1) is 5.41 Å². The maximum absolute atomic E-state index is 12.9. The minimum Gasteiger partial charge on any atom is -0.435 e. The number of amides is 2. The third-order valence-corrected chi connectivity index (χ3v) is 7.14. The molecule has 2 amide bonds. The molecule has 212 valence electrons. The number of ether oxygens (including phenoxy) is 2. The average Bonchev–Trinajstić information content (AvgIpc) is 2.87. The van der Waals surface area contributed by atoms with Crippen molar-refractivity contribution in [3.8, 4) is 0 Å². The summed E-state index contributed by atoms with van der Waals surface area (Å²) < 4.78 is 37.1. The van der Waals surface area contributed by atoms with Crippen LogP contribution in [0.15, 0.2) is 30.3 Å². The third-order valence-electron chi connectivity index (χ3n) is 5.75. The Morgan fingerprint density at radius 1 is 1.21 bits per heavy atom. The fraction of sp³-hybridized carbons (Fsp3) is 0.565. The number of aryl methyl sites for hydroxylation is 1. The number of nitrogens with two attached hydrogens (primary N) is 1. The van der Waals surface area contributed by atoms with Crippen LogP contribution < -0.4 is 21.1 Å². The van der Waals surface area contributed by atoms with Gasteiger partial charge in [-0.25, -0.2) is 13.2 Å². The Morgan fingerprint density at radius 2 is 1.89 bits per heavy atom. The lowest BCUT2D eigenvalue weighted by molar-refractivity contribution is -0.131. The summed E-state index contributed by atoms with van der Waals surface area (Å²) >= 11 is 0. The number of guanidine groups is 1. The van der Waals surface area contributed by atoms with Crippen LogP contribution in [0.4, 0.5) is 4.79 Å². The molecule has 15 heteroatoms. The Labute approximate surface area is 221 Å². The van der Waals surface area contributed by atoms with E-state index < -0.39 is 59.0 Å². The first-order chi connectivity index (χ1) is 17.9. The molecular formula is C23H36N6O8S. The molecule has 1 aromatic rings. The highest BCUT2D eigenvalue weighted by Gasteiger charge is 2.34. The number of hydrogen-bond donors (Lipinski definition) is 6. The summed E-state index contributed by atoms with van der Waals surface area (Å²) in [5.74, 6) is -2.22. The summed E-state index contributed by atoms with van der Waals surface area (Å²) in [5, 5.41) is 22.9. The molecule has 2 rings (SSSR count). The third kappa shape index (κ3) is 9.79. The number of benzene rings is 1. The largest absolute Gasteiger partial charge is 0.508 e. The van der Waals surface area contributed by atoms with Gasteiger partial charge in [0.25, 0.3) is 0 Å². The molecule has 0 saturated carbocycles. The van der Waals surface area contributed by atoms with Crippen molar-refractivity contribution in [2.45, 2.75) is 57.5 Å². The highest BCUT2D eigenvalue weighted by Crippen LogP contribution is 2.15. The molecule has 1 saturated heterocycles. The van der Waals surface area contributed by atoms with Crippen molar-refractivity contribution in [1.82, 2.24) is 20.3 Å². The van der Waals surface area contributed by atoms with Gasteiger partial charge in [-0.3, -0.25) is 15.0 Å². The summed E-state index contributed by atoms with van der Waals surface area (Å²) in [6.45, 7) is 2.64. The second-order valence-corrected chi connectivity index (χ2v) is 10.6. The van der Waals surface area contributed by atoms with Gasteiger partial charge in [-0.15, -0.1) is 0 Å². The molecule has 0 aromatic heterocycles. The van der Waals surface area contributed by atoms with Crippen LogP contribution in [0.25, 0.3) is 0 Å². The van der Waals surface area contributed by atoms with Gasteiger partial charge in [-0.2, -0.15) is 4.72 Å². The van der Waals surface area contributed by atoms with E-state index in [9.17, 15) is 27.9 Å². The molecule has 0 spiro atoms. The number of nitrogens with zero attached hydrogens (tertiary/aromatic N) is 1. The zero-order valence-corrected chi connectivity index (χ0v) is 22.2. The van der Waals surface area contributed by atoms with Gasteiger partial charge in [0.2, 0.25) is 21.8 Å². The van der Waals surface area contributed by atoms with Crippen molar-refractivity contribution in [1.29, 1.82) is 5.41 Å². The van der Waals surface area contributed by atoms with E-state index in [4.69, 9.17) is 15.9 Å². The van der Waals surface area contributed by atoms with Gasteiger partial charge < -0.3 is 35.8 Å². The van der Waals surface area contributed by atoms with E-state index in [0.717, 1.165) is 5.56 Å². The fourth-order valence-corrected chi connectivity index (χ4v) is 4.95. The normalized spacial score (nSPS) is 19.1. The number of nitrogens with one attached hydrogen (secondary N) is 4. The number of sulfonamides is 1. The Balaban J connectivity index is 2.03. The molecule has 1 aliphatic heterocycles. The minimum atomic E-state index is -4.00. The first-order valence-electron chi connectivity index (χ1n) is 12.2. The van der Waals surface area contributed by atoms with Crippen molar-refractivity contribution in [2.24, 2.45) is 5.73 Å². The number of piperidine rings is 1. The van der Waals surface area contributed by atoms with Crippen LogP contribution in [0.5, 0.6) is 0 Å². The van der Waals surface area contributed by atoms with Crippen LogP contribution in [0.3, 0.4) is 0 Å². The maximum Gasteiger partial charge on any atom is 0.508 e. The van der Waals surface area contributed by atoms with Crippen molar-refractivity contribution >= 4 is 34.0 Å². The van der Waals surface area contributed by atoms with Crippen LogP contribution in [-0.2, 0) is 35.5 Å². The molecule has 1 aromatic carbocycles. The zero-order valence-electron chi connectivity index (χ0n) is 21.4. The first-order valence-corrected chi connectivity index (χ1v) is 13.8. The van der Waals surface area contributed by atoms with E-state index >= 15 is 0 Å². The number of carbonyl (C=O) groups is 3. The molecule has 4 atom stereocenters. The average molecular weight is 557 g/mol. The van der Waals surface area contributed by atoms with Gasteiger partial charge in [0.1, 0.15) is 24.9 Å². The van der Waals surface area contributed by atoms with Crippen LogP contribution in [0.1, 0.15) is 32.3 Å². The van der Waals surface area contributed by atoms with E-state index in [1.165, 1.54) is 11.8 Å². The van der Waals surface area contributed by atoms with Gasteiger partial charge in [-0.1, -0.05) is 30.3 Å². The van der Waals surface area contributed by atoms with Crippen molar-refractivity contribution < 1.29 is 37.4 Å². The predicted octanol–water partition coefficient (Wildman–Crippen LogP) is -1.01. The quantitative estimate of drug-likeness (QED) is 0.105. The summed E-state index contributed by atoms with van der Waals surface area (Å²) in [7, 11) is -4.00. The van der Waals surface area contributed by atoms with Crippen LogP contribution in [-0.4, -0.2) is 92.2 Å². The molecule has 0 bridgehead atoms. The molecule has 0 aliphatic carbocycles. The molecule has 1 aliphatic rings. The van der Waals surface area contributed by atoms with E-state index in [1.54, 1.807) is 37.3 Å². The van der Waals surface area contributed by atoms with Gasteiger partial charge in [-0.05, 0) is 38.7 Å². The molecule has 38 heavy (non-hydrogen) atoms. The standard InChI is InChI=1S/C23H36N6O8S/c1-3-36-23(33)37-14-18(28-38(34,35)13-11-16-8-5-4-6-9-16)20(31)26-15(2)19(30)27-17-10-7-12-29(21(17)32)22(24)25/h4-6,8-9,15,17-18,21,28,32H,3,7,10-14H2,1-2H3,(H3,24,25)(H,26,31)(H,27,30). The molecule has 0 radical (unpaired) electrons. The lowest BCUT2D eigenvalue weighted by Crippen LogP contribution is -2.61. The number of carbonyl (C=O) groups excluding carboxylic acids is 3. The van der Waals surface area contributed by atoms with Crippen molar-refractivity contribution in [3.05, 3.63) is 35.9 Å². The van der Waals surface area contributed by atoms with Crippen LogP contribution >= 0.6 is 0 Å². The van der Waals surface area contributed by atoms with Crippen LogP contribution in [0.2, 0.25) is 0 Å². The Morgan fingerprint density at radius 3 is 2.53 bits per heavy atom. The highest BCUT2D eigenvalue weighted by molar-refractivity contribution is 7.89. The second-order valence-electron chi connectivity index (χ2n) is 8.70. The second kappa shape index (κ2) is 14.5. The minimum absolute atomic E-state index is 0.0176. The lowest BCUT2D eigenvalue weighted by Gasteiger charge is -2.38. The Kier molecular flexibility index (Phi) is 11.7. The smallest absolute Gasteiger partial charge is 0.435 e. The topological polar surface area (TPSA) is 213 Å². The molecular weight excluding hydrogens is 520 g/mol. The van der Waals surface area contributed by atoms with Gasteiger partial charge in [0.15, 0.2) is 5.96 Å². The molecule has 14 nitrogen and oxygen atoms in total. The number of aliphatic hydroxyl groups is 1. The molecule has 1 heterocycles. The lowest BCUT2D eigenvalue weighted by atomic mass is 10.0. The number of aliphatic hydroxyl groups excluding tert-OH is 1. The Bertz CT molecular complexity index is 1070. The van der Waals surface area contributed by atoms with E-state index in [1.807, 2.05) is 0 Å². The first kappa shape index (κ1) is 30.8. The van der Waals surface area contributed by atoms with E-state index in [2.05, 4.69) is 20.1 Å². The number of rotatable bonds is 12. The Hall–Kier alpha value is -3.43. The van der Waals surface area contributed by atoms with Crippen molar-refractivity contribution in [3.63, 3.8) is 0 Å². The van der Waals surface area contributed by atoms with Gasteiger partial charge >= 0.3 is 6.16 Å². The SMILES string of the molecule is CCOC(=O)OCC(NS(=O)(=O)CCc1ccccc1)C(=O)NC(C)C(=O)NC1CCCN(C(=N)N)C1O. The highest BCUT2D eigenvalue weighted by atomic mass is 32.2. The summed E-state index contributed by atoms with van der Waals surface area (Å²) in [6, 6.07) is 5.47. The van der Waals surface area contributed by atoms with Gasteiger partial charge in [0.05, 0.1) is 18.4 Å². The van der Waals surface area contributed by atoms with Crippen molar-refractivity contribution in [2.75, 3.05) is 25.5 Å².